The highest BCUT2D eigenvalue weighted by molar-refractivity contribution is 9.10. The van der Waals surface area contributed by atoms with Gasteiger partial charge in [0.15, 0.2) is 5.65 Å². The minimum absolute atomic E-state index is 0.240. The summed E-state index contributed by atoms with van der Waals surface area (Å²) >= 11 is 3.31. The van der Waals surface area contributed by atoms with Crippen LogP contribution >= 0.6 is 15.9 Å². The first-order valence-corrected chi connectivity index (χ1v) is 10.4. The second kappa shape index (κ2) is 6.46. The molecule has 0 amide bonds. The maximum absolute atomic E-state index is 11.9. The summed E-state index contributed by atoms with van der Waals surface area (Å²) in [6, 6.07) is 5.53. The summed E-state index contributed by atoms with van der Waals surface area (Å²) in [4.78, 5) is 15.8. The molecule has 0 saturated carbocycles. The minimum Gasteiger partial charge on any atom is -0.497 e. The number of aromatic amines is 1. The molecule has 0 unspecified atom stereocenters. The fourth-order valence-electron chi connectivity index (χ4n) is 2.53. The van der Waals surface area contributed by atoms with Crippen LogP contribution in [-0.4, -0.2) is 51.3 Å². The van der Waals surface area contributed by atoms with Gasteiger partial charge in [-0.15, -0.1) is 0 Å². The van der Waals surface area contributed by atoms with E-state index in [4.69, 9.17) is 4.74 Å². The molecular formula is C15H14BrN7O3S. The number of hydrogen-bond acceptors (Lipinski definition) is 8. The number of methoxy groups -OCH3 is 1. The monoisotopic (exact) mass is 451 g/mol. The van der Waals surface area contributed by atoms with Crippen LogP contribution in [0, 0.1) is 0 Å². The molecule has 1 aromatic carbocycles. The molecule has 0 bridgehead atoms. The molecule has 0 aliphatic rings. The van der Waals surface area contributed by atoms with Gasteiger partial charge in [0.1, 0.15) is 11.6 Å². The van der Waals surface area contributed by atoms with Gasteiger partial charge in [0.2, 0.25) is 15.8 Å². The predicted molar refractivity (Wildman–Crippen MR) is 102 cm³/mol. The summed E-state index contributed by atoms with van der Waals surface area (Å²) < 4.78 is 31.0. The number of rotatable bonds is 5. The Hall–Kier alpha value is -2.73. The molecule has 4 rings (SSSR count). The van der Waals surface area contributed by atoms with Crippen molar-refractivity contribution in [3.8, 4) is 5.75 Å². The Bertz CT molecular complexity index is 1270. The Morgan fingerprint density at radius 2 is 2.11 bits per heavy atom. The molecule has 0 fully saturated rings. The Morgan fingerprint density at radius 3 is 2.85 bits per heavy atom. The summed E-state index contributed by atoms with van der Waals surface area (Å²) in [6.45, 7) is 0.282. The van der Waals surface area contributed by atoms with Crippen LogP contribution in [0.1, 0.15) is 5.82 Å². The van der Waals surface area contributed by atoms with Gasteiger partial charge in [-0.3, -0.25) is 0 Å². The van der Waals surface area contributed by atoms with Gasteiger partial charge < -0.3 is 15.0 Å². The molecule has 0 radical (unpaired) electrons. The number of fused-ring (bicyclic) bond motifs is 2. The molecule has 10 nitrogen and oxygen atoms in total. The van der Waals surface area contributed by atoms with E-state index in [0.29, 0.717) is 15.9 Å². The van der Waals surface area contributed by atoms with Gasteiger partial charge in [0.25, 0.3) is 5.16 Å². The number of anilines is 1. The highest BCUT2D eigenvalue weighted by Gasteiger charge is 2.18. The van der Waals surface area contributed by atoms with E-state index in [0.717, 1.165) is 23.0 Å². The Morgan fingerprint density at radius 1 is 1.30 bits per heavy atom. The summed E-state index contributed by atoms with van der Waals surface area (Å²) in [5.41, 5.74) is 1.97. The largest absolute Gasteiger partial charge is 0.497 e. The van der Waals surface area contributed by atoms with Gasteiger partial charge in [0.05, 0.1) is 35.4 Å². The number of nitrogens with one attached hydrogen (secondary N) is 2. The fraction of sp³-hybridized carbons (Fsp3) is 0.200. The molecule has 0 aliphatic heterocycles. The average molecular weight is 452 g/mol. The summed E-state index contributed by atoms with van der Waals surface area (Å²) in [5, 5.41) is 6.93. The molecule has 2 N–H and O–H groups in total. The first-order chi connectivity index (χ1) is 12.8. The summed E-state index contributed by atoms with van der Waals surface area (Å²) in [7, 11) is -1.98. The number of sulfone groups is 1. The number of imidazole rings is 1. The normalized spacial score (nSPS) is 12.0. The number of benzene rings is 1. The van der Waals surface area contributed by atoms with Gasteiger partial charge >= 0.3 is 0 Å². The van der Waals surface area contributed by atoms with E-state index in [1.165, 1.54) is 10.7 Å². The molecule has 0 aliphatic carbocycles. The zero-order valence-corrected chi connectivity index (χ0v) is 16.7. The maximum atomic E-state index is 11.9. The van der Waals surface area contributed by atoms with Crippen molar-refractivity contribution in [2.24, 2.45) is 0 Å². The van der Waals surface area contributed by atoms with Gasteiger partial charge in [-0.1, -0.05) is 0 Å². The highest BCUT2D eigenvalue weighted by Crippen LogP contribution is 2.21. The van der Waals surface area contributed by atoms with Crippen LogP contribution in [0.4, 0.5) is 5.95 Å². The van der Waals surface area contributed by atoms with Crippen molar-refractivity contribution in [2.75, 3.05) is 18.7 Å². The van der Waals surface area contributed by atoms with Crippen LogP contribution in [0.3, 0.4) is 0 Å². The van der Waals surface area contributed by atoms with E-state index in [9.17, 15) is 8.42 Å². The fourth-order valence-corrected chi connectivity index (χ4v) is 3.38. The van der Waals surface area contributed by atoms with Gasteiger partial charge in [0, 0.05) is 12.3 Å². The molecule has 3 aromatic heterocycles. The first-order valence-electron chi connectivity index (χ1n) is 7.73. The number of hydrogen-bond donors (Lipinski definition) is 2. The molecule has 12 heteroatoms. The third-order valence-electron chi connectivity index (χ3n) is 3.79. The van der Waals surface area contributed by atoms with Crippen molar-refractivity contribution in [2.45, 2.75) is 11.7 Å². The molecule has 140 valence electrons. The first kappa shape index (κ1) is 17.7. The van der Waals surface area contributed by atoms with Crippen LogP contribution in [0.15, 0.2) is 34.0 Å². The summed E-state index contributed by atoms with van der Waals surface area (Å²) in [6.07, 6.45) is 2.58. The lowest BCUT2D eigenvalue weighted by molar-refractivity contribution is 0.415. The van der Waals surface area contributed by atoms with E-state index in [2.05, 4.69) is 46.3 Å². The molecule has 3 heterocycles. The molecule has 0 spiro atoms. The van der Waals surface area contributed by atoms with Gasteiger partial charge in [-0.05, 0) is 28.1 Å². The van der Waals surface area contributed by atoms with E-state index in [1.807, 2.05) is 18.2 Å². The standard InChI is InChI=1S/C15H14BrN7O3S/c1-26-8-3-4-10-11(5-8)20-12(19-10)7-17-14-22-15(27(2,24)25)21-13-9(16)6-18-23(13)14/h3-6H,7H2,1-2H3,(H,19,20)(H,17,21,22). The third kappa shape index (κ3) is 3.32. The van der Waals surface area contributed by atoms with Crippen molar-refractivity contribution in [1.29, 1.82) is 0 Å². The SMILES string of the molecule is COc1ccc2nc(CNc3nc(S(C)(=O)=O)nc4c(Br)cnn34)[nH]c2c1. The number of H-pyrrole nitrogens is 1. The van der Waals surface area contributed by atoms with E-state index < -0.39 is 9.84 Å². The zero-order chi connectivity index (χ0) is 19.2. The summed E-state index contributed by atoms with van der Waals surface area (Å²) in [5.74, 6) is 1.61. The van der Waals surface area contributed by atoms with Crippen LogP contribution in [0.5, 0.6) is 5.75 Å². The molecule has 27 heavy (non-hydrogen) atoms. The van der Waals surface area contributed by atoms with Crippen LogP contribution in [-0.2, 0) is 16.4 Å². The van der Waals surface area contributed by atoms with E-state index >= 15 is 0 Å². The smallest absolute Gasteiger partial charge is 0.252 e. The minimum atomic E-state index is -3.58. The van der Waals surface area contributed by atoms with E-state index in [-0.39, 0.29) is 17.6 Å². The maximum Gasteiger partial charge on any atom is 0.252 e. The Balaban J connectivity index is 1.69. The van der Waals surface area contributed by atoms with Crippen molar-refractivity contribution in [1.82, 2.24) is 29.5 Å². The number of ether oxygens (including phenoxy) is 1. The van der Waals surface area contributed by atoms with Crippen molar-refractivity contribution >= 4 is 48.4 Å². The topological polar surface area (TPSA) is 127 Å². The van der Waals surface area contributed by atoms with Crippen molar-refractivity contribution in [3.05, 3.63) is 34.7 Å². The lowest BCUT2D eigenvalue weighted by Gasteiger charge is -2.07. The third-order valence-corrected chi connectivity index (χ3v) is 5.19. The average Bonchev–Trinajstić information content (AvgIpc) is 3.21. The number of nitrogens with zero attached hydrogens (tertiary/aromatic N) is 5. The Kier molecular flexibility index (Phi) is 4.23. The second-order valence-electron chi connectivity index (χ2n) is 5.75. The highest BCUT2D eigenvalue weighted by atomic mass is 79.9. The van der Waals surface area contributed by atoms with Crippen LogP contribution < -0.4 is 10.1 Å². The van der Waals surface area contributed by atoms with Gasteiger partial charge in [-0.2, -0.15) is 19.6 Å². The lowest BCUT2D eigenvalue weighted by Crippen LogP contribution is -2.13. The van der Waals surface area contributed by atoms with E-state index in [1.54, 1.807) is 7.11 Å². The lowest BCUT2D eigenvalue weighted by atomic mass is 10.3. The molecule has 0 saturated heterocycles. The quantitative estimate of drug-likeness (QED) is 0.469. The Labute approximate surface area is 162 Å². The van der Waals surface area contributed by atoms with Crippen LogP contribution in [0.25, 0.3) is 16.7 Å². The second-order valence-corrected chi connectivity index (χ2v) is 8.51. The predicted octanol–water partition coefficient (Wildman–Crippen LogP) is 1.79. The van der Waals surface area contributed by atoms with Gasteiger partial charge in [-0.25, -0.2) is 13.4 Å². The molecule has 0 atom stereocenters. The molecule has 4 aromatic rings. The number of halogens is 1. The van der Waals surface area contributed by atoms with Crippen molar-refractivity contribution < 1.29 is 13.2 Å². The van der Waals surface area contributed by atoms with Crippen molar-refractivity contribution in [3.63, 3.8) is 0 Å². The zero-order valence-electron chi connectivity index (χ0n) is 14.3. The molecular weight excluding hydrogens is 438 g/mol. The van der Waals surface area contributed by atoms with Crippen LogP contribution in [0.2, 0.25) is 0 Å². The number of aromatic nitrogens is 6.